The fourth-order valence-electron chi connectivity index (χ4n) is 3.34. The van der Waals surface area contributed by atoms with Crippen molar-refractivity contribution in [3.8, 4) is 11.3 Å². The molecular weight excluding hydrogens is 325 g/mol. The molecule has 1 atom stereocenters. The van der Waals surface area contributed by atoms with Crippen molar-refractivity contribution in [1.82, 2.24) is 15.0 Å². The minimum absolute atomic E-state index is 0.228. The zero-order valence-electron chi connectivity index (χ0n) is 13.8. The van der Waals surface area contributed by atoms with E-state index in [0.29, 0.717) is 37.1 Å². The number of aliphatic hydroxyl groups is 1. The molecule has 1 saturated heterocycles. The highest BCUT2D eigenvalue weighted by molar-refractivity contribution is 5.81. The van der Waals surface area contributed by atoms with Gasteiger partial charge < -0.3 is 14.5 Å². The smallest absolute Gasteiger partial charge is 0.267 e. The second-order valence-electron chi connectivity index (χ2n) is 6.65. The lowest BCUT2D eigenvalue weighted by molar-refractivity contribution is -0.164. The van der Waals surface area contributed by atoms with Crippen LogP contribution in [0.3, 0.4) is 0 Å². The number of carbonyl (C=O) groups excluding carboxylic acids is 1. The van der Waals surface area contributed by atoms with Crippen LogP contribution in [0.4, 0.5) is 4.39 Å². The molecule has 0 bridgehead atoms. The van der Waals surface area contributed by atoms with E-state index in [2.05, 4.69) is 5.16 Å². The highest BCUT2D eigenvalue weighted by Crippen LogP contribution is 2.28. The Balaban J connectivity index is 1.42. The fraction of sp³-hybridized carbons (Fsp3) is 0.444. The molecule has 4 rings (SSSR count). The Hall–Kier alpha value is -2.25. The van der Waals surface area contributed by atoms with E-state index in [0.717, 1.165) is 24.8 Å². The lowest BCUT2D eigenvalue weighted by Gasteiger charge is -2.44. The van der Waals surface area contributed by atoms with Crippen molar-refractivity contribution in [2.75, 3.05) is 13.1 Å². The minimum atomic E-state index is -1.14. The van der Waals surface area contributed by atoms with Crippen molar-refractivity contribution in [1.29, 1.82) is 0 Å². The highest BCUT2D eigenvalue weighted by atomic mass is 19.1. The standard InChI is InChI=1S/C18H20FN3O3/c19-13-6-4-12(5-7-13)16-10-15(25-20-16)11-21-8-9-22(14-2-1-3-14)18(24)17(21)23/h4-7,10,14,17,23H,1-3,8-9,11H2. The highest BCUT2D eigenvalue weighted by Gasteiger charge is 2.38. The van der Waals surface area contributed by atoms with Gasteiger partial charge in [-0.2, -0.15) is 0 Å². The van der Waals surface area contributed by atoms with Crippen LogP contribution < -0.4 is 0 Å². The van der Waals surface area contributed by atoms with Crippen LogP contribution in [0, 0.1) is 5.82 Å². The van der Waals surface area contributed by atoms with Gasteiger partial charge in [0.1, 0.15) is 11.5 Å². The summed E-state index contributed by atoms with van der Waals surface area (Å²) in [5.41, 5.74) is 1.35. The summed E-state index contributed by atoms with van der Waals surface area (Å²) in [5.74, 6) is 0.0240. The van der Waals surface area contributed by atoms with Gasteiger partial charge in [0, 0.05) is 30.8 Å². The van der Waals surface area contributed by atoms with Crippen molar-refractivity contribution in [3.63, 3.8) is 0 Å². The number of carbonyl (C=O) groups is 1. The molecular formula is C18H20FN3O3. The number of nitrogens with zero attached hydrogens (tertiary/aromatic N) is 3. The maximum absolute atomic E-state index is 13.0. The van der Waals surface area contributed by atoms with Gasteiger partial charge in [-0.1, -0.05) is 5.16 Å². The summed E-state index contributed by atoms with van der Waals surface area (Å²) in [4.78, 5) is 15.9. The lowest BCUT2D eigenvalue weighted by atomic mass is 9.91. The van der Waals surface area contributed by atoms with Gasteiger partial charge in [-0.05, 0) is 43.5 Å². The molecule has 1 aromatic heterocycles. The molecule has 1 amide bonds. The number of benzene rings is 1. The molecule has 132 valence electrons. The Kier molecular flexibility index (Phi) is 4.27. The van der Waals surface area contributed by atoms with Crippen molar-refractivity contribution >= 4 is 5.91 Å². The molecule has 25 heavy (non-hydrogen) atoms. The van der Waals surface area contributed by atoms with Gasteiger partial charge in [-0.25, -0.2) is 4.39 Å². The minimum Gasteiger partial charge on any atom is -0.370 e. The molecule has 1 aromatic carbocycles. The Labute approximate surface area is 144 Å². The van der Waals surface area contributed by atoms with Crippen LogP contribution in [-0.4, -0.2) is 51.3 Å². The van der Waals surface area contributed by atoms with Gasteiger partial charge in [-0.3, -0.25) is 9.69 Å². The van der Waals surface area contributed by atoms with E-state index >= 15 is 0 Å². The first-order chi connectivity index (χ1) is 12.1. The van der Waals surface area contributed by atoms with Gasteiger partial charge >= 0.3 is 0 Å². The van der Waals surface area contributed by atoms with E-state index in [4.69, 9.17) is 4.52 Å². The maximum atomic E-state index is 13.0. The van der Waals surface area contributed by atoms with Crippen molar-refractivity contribution in [2.45, 2.75) is 38.1 Å². The Bertz CT molecular complexity index is 757. The number of halogens is 1. The second kappa shape index (κ2) is 6.57. The van der Waals surface area contributed by atoms with E-state index in [1.54, 1.807) is 28.0 Å². The molecule has 1 aliphatic carbocycles. The van der Waals surface area contributed by atoms with Crippen LogP contribution in [0.15, 0.2) is 34.9 Å². The molecule has 1 N–H and O–H groups in total. The molecule has 0 radical (unpaired) electrons. The summed E-state index contributed by atoms with van der Waals surface area (Å²) in [6, 6.07) is 8.04. The first kappa shape index (κ1) is 16.2. The van der Waals surface area contributed by atoms with Gasteiger partial charge in [0.15, 0.2) is 12.0 Å². The van der Waals surface area contributed by atoms with Crippen LogP contribution >= 0.6 is 0 Å². The SMILES string of the molecule is O=C1C(O)N(Cc2cc(-c3ccc(F)cc3)no2)CCN1C1CCC1. The van der Waals surface area contributed by atoms with Crippen LogP contribution in [0.1, 0.15) is 25.0 Å². The normalized spacial score (nSPS) is 22.2. The lowest BCUT2D eigenvalue weighted by Crippen LogP contribution is -2.60. The Morgan fingerprint density at radius 3 is 2.68 bits per heavy atom. The average molecular weight is 345 g/mol. The molecule has 6 nitrogen and oxygen atoms in total. The number of rotatable bonds is 4. The molecule has 0 spiro atoms. The first-order valence-electron chi connectivity index (χ1n) is 8.56. The molecule has 7 heteroatoms. The van der Waals surface area contributed by atoms with E-state index in [1.165, 1.54) is 12.1 Å². The number of aliphatic hydroxyl groups excluding tert-OH is 1. The Morgan fingerprint density at radius 2 is 2.00 bits per heavy atom. The number of amides is 1. The maximum Gasteiger partial charge on any atom is 0.267 e. The summed E-state index contributed by atoms with van der Waals surface area (Å²) in [6.07, 6.45) is 2.07. The molecule has 1 aliphatic heterocycles. The Morgan fingerprint density at radius 1 is 1.24 bits per heavy atom. The molecule has 1 saturated carbocycles. The monoisotopic (exact) mass is 345 g/mol. The molecule has 1 unspecified atom stereocenters. The molecule has 2 aromatic rings. The van der Waals surface area contributed by atoms with E-state index in [1.807, 2.05) is 0 Å². The summed E-state index contributed by atoms with van der Waals surface area (Å²) in [6.45, 7) is 1.52. The van der Waals surface area contributed by atoms with E-state index in [9.17, 15) is 14.3 Å². The van der Waals surface area contributed by atoms with E-state index < -0.39 is 6.23 Å². The first-order valence-corrected chi connectivity index (χ1v) is 8.56. The largest absolute Gasteiger partial charge is 0.370 e. The van der Waals surface area contributed by atoms with Crippen LogP contribution in [0.25, 0.3) is 11.3 Å². The quantitative estimate of drug-likeness (QED) is 0.918. The van der Waals surface area contributed by atoms with Gasteiger partial charge in [-0.15, -0.1) is 0 Å². The van der Waals surface area contributed by atoms with Gasteiger partial charge in [0.05, 0.1) is 6.54 Å². The third kappa shape index (κ3) is 3.17. The molecule has 2 aliphatic rings. The van der Waals surface area contributed by atoms with Crippen molar-refractivity contribution < 1.29 is 18.8 Å². The summed E-state index contributed by atoms with van der Waals surface area (Å²) in [7, 11) is 0. The van der Waals surface area contributed by atoms with Crippen LogP contribution in [0.2, 0.25) is 0 Å². The van der Waals surface area contributed by atoms with Crippen molar-refractivity contribution in [3.05, 3.63) is 41.9 Å². The summed E-state index contributed by atoms with van der Waals surface area (Å²) in [5, 5.41) is 14.3. The third-order valence-electron chi connectivity index (χ3n) is 5.05. The summed E-state index contributed by atoms with van der Waals surface area (Å²) >= 11 is 0. The molecule has 2 fully saturated rings. The zero-order chi connectivity index (χ0) is 17.4. The van der Waals surface area contributed by atoms with Crippen LogP contribution in [0.5, 0.6) is 0 Å². The second-order valence-corrected chi connectivity index (χ2v) is 6.65. The van der Waals surface area contributed by atoms with Crippen LogP contribution in [-0.2, 0) is 11.3 Å². The number of piperazine rings is 1. The predicted octanol–water partition coefficient (Wildman–Crippen LogP) is 2.00. The van der Waals surface area contributed by atoms with E-state index in [-0.39, 0.29) is 11.7 Å². The van der Waals surface area contributed by atoms with Gasteiger partial charge in [0.25, 0.3) is 5.91 Å². The predicted molar refractivity (Wildman–Crippen MR) is 87.7 cm³/mol. The molecule has 2 heterocycles. The topological polar surface area (TPSA) is 69.8 Å². The zero-order valence-corrected chi connectivity index (χ0v) is 13.8. The average Bonchev–Trinajstić information content (AvgIpc) is 3.02. The fourth-order valence-corrected chi connectivity index (χ4v) is 3.34. The number of aromatic nitrogens is 1. The number of hydrogen-bond acceptors (Lipinski definition) is 5. The number of hydrogen-bond donors (Lipinski definition) is 1. The third-order valence-corrected chi connectivity index (χ3v) is 5.05. The summed E-state index contributed by atoms with van der Waals surface area (Å²) < 4.78 is 18.3. The van der Waals surface area contributed by atoms with Crippen molar-refractivity contribution in [2.24, 2.45) is 0 Å². The van der Waals surface area contributed by atoms with Gasteiger partial charge in [0.2, 0.25) is 0 Å².